The van der Waals surface area contributed by atoms with Gasteiger partial charge in [-0.2, -0.15) is 5.10 Å². The molecule has 1 atom stereocenters. The number of sulfone groups is 1. The second-order valence-electron chi connectivity index (χ2n) is 7.85. The smallest absolute Gasteiger partial charge is 0.155 e. The molecule has 1 unspecified atom stereocenters. The fourth-order valence-electron chi connectivity index (χ4n) is 3.49. The maximum atomic E-state index is 14.7. The van der Waals surface area contributed by atoms with Crippen LogP contribution in [0.4, 0.5) is 8.78 Å². The minimum absolute atomic E-state index is 0.219. The number of aromatic nitrogens is 4. The number of aliphatic hydroxyl groups is 1. The van der Waals surface area contributed by atoms with Gasteiger partial charge in [-0.3, -0.25) is 4.98 Å². The Labute approximate surface area is 173 Å². The molecule has 0 radical (unpaired) electrons. The van der Waals surface area contributed by atoms with E-state index in [-0.39, 0.29) is 17.9 Å². The highest BCUT2D eigenvalue weighted by Crippen LogP contribution is 2.43. The van der Waals surface area contributed by atoms with Crippen LogP contribution in [0.1, 0.15) is 25.0 Å². The third-order valence-corrected chi connectivity index (χ3v) is 7.01. The van der Waals surface area contributed by atoms with E-state index in [9.17, 15) is 22.3 Å². The SMILES string of the molecule is CC(C)(CS(=O)(=O)Cc1ccncc1)C(O)(Cn1cncn1)c1ccc(F)cc1F. The van der Waals surface area contributed by atoms with E-state index in [0.717, 1.165) is 12.1 Å². The molecule has 2 aromatic heterocycles. The zero-order chi connectivity index (χ0) is 22.0. The summed E-state index contributed by atoms with van der Waals surface area (Å²) in [6, 6.07) is 5.98. The second kappa shape index (κ2) is 8.19. The minimum atomic E-state index is -3.71. The average Bonchev–Trinajstić information content (AvgIpc) is 3.13. The van der Waals surface area contributed by atoms with Gasteiger partial charge in [-0.15, -0.1) is 0 Å². The molecule has 0 fully saturated rings. The van der Waals surface area contributed by atoms with Crippen LogP contribution in [0, 0.1) is 17.0 Å². The van der Waals surface area contributed by atoms with Crippen molar-refractivity contribution in [2.24, 2.45) is 5.41 Å². The van der Waals surface area contributed by atoms with Crippen molar-refractivity contribution in [3.63, 3.8) is 0 Å². The average molecular weight is 436 g/mol. The third kappa shape index (κ3) is 4.71. The molecule has 0 saturated heterocycles. The Morgan fingerprint density at radius 2 is 1.80 bits per heavy atom. The Hall–Kier alpha value is -2.72. The van der Waals surface area contributed by atoms with Gasteiger partial charge in [0.2, 0.25) is 0 Å². The maximum Gasteiger partial charge on any atom is 0.155 e. The van der Waals surface area contributed by atoms with E-state index >= 15 is 0 Å². The highest BCUT2D eigenvalue weighted by molar-refractivity contribution is 7.90. The first kappa shape index (κ1) is 22.0. The Kier molecular flexibility index (Phi) is 6.00. The lowest BCUT2D eigenvalue weighted by Crippen LogP contribution is -2.49. The van der Waals surface area contributed by atoms with Gasteiger partial charge in [-0.25, -0.2) is 26.9 Å². The molecule has 0 spiro atoms. The first-order valence-corrected chi connectivity index (χ1v) is 10.9. The monoisotopic (exact) mass is 436 g/mol. The van der Waals surface area contributed by atoms with Gasteiger partial charge in [-0.05, 0) is 23.8 Å². The molecule has 1 N–H and O–H groups in total. The Morgan fingerprint density at radius 1 is 1.10 bits per heavy atom. The van der Waals surface area contributed by atoms with Crippen molar-refractivity contribution in [2.75, 3.05) is 5.75 Å². The number of hydrogen-bond donors (Lipinski definition) is 1. The molecule has 3 aromatic rings. The molecule has 0 bridgehead atoms. The number of pyridine rings is 1. The topological polar surface area (TPSA) is 98.0 Å². The van der Waals surface area contributed by atoms with Crippen LogP contribution in [-0.2, 0) is 27.7 Å². The molecular formula is C20H22F2N4O3S. The normalized spacial score (nSPS) is 14.4. The number of hydrogen-bond acceptors (Lipinski definition) is 6. The predicted octanol–water partition coefficient (Wildman–Crippen LogP) is 2.48. The van der Waals surface area contributed by atoms with Crippen LogP contribution < -0.4 is 0 Å². The largest absolute Gasteiger partial charge is 0.383 e. The first-order valence-electron chi connectivity index (χ1n) is 9.12. The lowest BCUT2D eigenvalue weighted by Gasteiger charge is -2.43. The van der Waals surface area contributed by atoms with E-state index in [1.54, 1.807) is 12.1 Å². The summed E-state index contributed by atoms with van der Waals surface area (Å²) < 4.78 is 55.3. The molecule has 7 nitrogen and oxygen atoms in total. The molecular weight excluding hydrogens is 414 g/mol. The van der Waals surface area contributed by atoms with E-state index in [4.69, 9.17) is 0 Å². The summed E-state index contributed by atoms with van der Waals surface area (Å²) in [6.45, 7) is 2.78. The summed E-state index contributed by atoms with van der Waals surface area (Å²) in [4.78, 5) is 7.68. The highest BCUT2D eigenvalue weighted by Gasteiger charge is 2.49. The van der Waals surface area contributed by atoms with Crippen LogP contribution in [-0.4, -0.2) is 39.0 Å². The molecule has 0 saturated carbocycles. The van der Waals surface area contributed by atoms with Gasteiger partial charge in [-0.1, -0.05) is 19.9 Å². The van der Waals surface area contributed by atoms with Crippen LogP contribution in [0.5, 0.6) is 0 Å². The zero-order valence-electron chi connectivity index (χ0n) is 16.5. The molecule has 2 heterocycles. The minimum Gasteiger partial charge on any atom is -0.383 e. The van der Waals surface area contributed by atoms with Crippen molar-refractivity contribution < 1.29 is 22.3 Å². The first-order chi connectivity index (χ1) is 14.0. The quantitative estimate of drug-likeness (QED) is 0.583. The van der Waals surface area contributed by atoms with Gasteiger partial charge in [0, 0.05) is 29.4 Å². The molecule has 1 aromatic carbocycles. The van der Waals surface area contributed by atoms with Crippen molar-refractivity contribution >= 4 is 9.84 Å². The van der Waals surface area contributed by atoms with Crippen LogP contribution in [0.25, 0.3) is 0 Å². The Balaban J connectivity index is 2.00. The second-order valence-corrected chi connectivity index (χ2v) is 9.91. The summed E-state index contributed by atoms with van der Waals surface area (Å²) in [5, 5.41) is 15.6. The van der Waals surface area contributed by atoms with Gasteiger partial charge < -0.3 is 5.11 Å². The lowest BCUT2D eigenvalue weighted by molar-refractivity contribution is -0.0812. The van der Waals surface area contributed by atoms with Gasteiger partial charge in [0.05, 0.1) is 18.1 Å². The Bertz CT molecular complexity index is 1110. The number of benzene rings is 1. The van der Waals surface area contributed by atoms with Crippen molar-refractivity contribution in [3.8, 4) is 0 Å². The van der Waals surface area contributed by atoms with Gasteiger partial charge >= 0.3 is 0 Å². The summed E-state index contributed by atoms with van der Waals surface area (Å²) >= 11 is 0. The summed E-state index contributed by atoms with van der Waals surface area (Å²) in [7, 11) is -3.71. The highest BCUT2D eigenvalue weighted by atomic mass is 32.2. The van der Waals surface area contributed by atoms with Gasteiger partial charge in [0.1, 0.15) is 29.9 Å². The molecule has 0 aliphatic carbocycles. The molecule has 10 heteroatoms. The number of nitrogens with zero attached hydrogens (tertiary/aromatic N) is 4. The van der Waals surface area contributed by atoms with Crippen molar-refractivity contribution in [2.45, 2.75) is 31.7 Å². The Morgan fingerprint density at radius 3 is 2.40 bits per heavy atom. The zero-order valence-corrected chi connectivity index (χ0v) is 17.4. The fraction of sp³-hybridized carbons (Fsp3) is 0.350. The van der Waals surface area contributed by atoms with E-state index < -0.39 is 38.2 Å². The van der Waals surface area contributed by atoms with E-state index in [1.165, 1.54) is 43.6 Å². The summed E-state index contributed by atoms with van der Waals surface area (Å²) in [5.74, 6) is -2.49. The van der Waals surface area contributed by atoms with Crippen LogP contribution >= 0.6 is 0 Å². The predicted molar refractivity (Wildman–Crippen MR) is 106 cm³/mol. The lowest BCUT2D eigenvalue weighted by atomic mass is 9.71. The summed E-state index contributed by atoms with van der Waals surface area (Å²) in [6.07, 6.45) is 5.55. The van der Waals surface area contributed by atoms with Crippen molar-refractivity contribution in [1.82, 2.24) is 19.7 Å². The molecule has 0 amide bonds. The molecule has 0 aliphatic rings. The fourth-order valence-corrected chi connectivity index (χ4v) is 5.63. The van der Waals surface area contributed by atoms with Crippen molar-refractivity contribution in [3.05, 3.63) is 78.1 Å². The number of halogens is 2. The van der Waals surface area contributed by atoms with E-state index in [2.05, 4.69) is 15.1 Å². The van der Waals surface area contributed by atoms with Crippen LogP contribution in [0.15, 0.2) is 55.4 Å². The number of rotatable bonds is 8. The van der Waals surface area contributed by atoms with Gasteiger partial charge in [0.25, 0.3) is 0 Å². The molecule has 3 rings (SSSR count). The van der Waals surface area contributed by atoms with Gasteiger partial charge in [0.15, 0.2) is 9.84 Å². The van der Waals surface area contributed by atoms with Crippen LogP contribution in [0.3, 0.4) is 0 Å². The maximum absolute atomic E-state index is 14.7. The van der Waals surface area contributed by atoms with Crippen LogP contribution in [0.2, 0.25) is 0 Å². The standard InChI is InChI=1S/C20H22F2N4O3S/c1-19(2,12-30(28,29)10-15-5-7-23-8-6-15)20(27,11-26-14-24-13-25-26)17-4-3-16(21)9-18(17)22/h3-9,13-14,27H,10-12H2,1-2H3. The third-order valence-electron chi connectivity index (χ3n) is 5.07. The summed E-state index contributed by atoms with van der Waals surface area (Å²) in [5.41, 5.74) is -3.06. The molecule has 30 heavy (non-hydrogen) atoms. The van der Waals surface area contributed by atoms with E-state index in [1.807, 2.05) is 0 Å². The van der Waals surface area contributed by atoms with E-state index in [0.29, 0.717) is 11.6 Å². The van der Waals surface area contributed by atoms with Crippen molar-refractivity contribution in [1.29, 1.82) is 0 Å². The molecule has 0 aliphatic heterocycles. The molecule has 160 valence electrons.